The van der Waals surface area contributed by atoms with Gasteiger partial charge in [-0.1, -0.05) is 50.1 Å². The predicted molar refractivity (Wildman–Crippen MR) is 83.4 cm³/mol. The first kappa shape index (κ1) is 17.5. The molecule has 0 aliphatic rings. The number of alkyl halides is 1. The summed E-state index contributed by atoms with van der Waals surface area (Å²) in [6.45, 7) is 7.14. The second kappa shape index (κ2) is 6.94. The van der Waals surface area contributed by atoms with Gasteiger partial charge in [-0.15, -0.1) is 11.6 Å². The summed E-state index contributed by atoms with van der Waals surface area (Å²) in [4.78, 5) is 23.8. The van der Waals surface area contributed by atoms with Crippen LogP contribution in [0.2, 0.25) is 0 Å². The summed E-state index contributed by atoms with van der Waals surface area (Å²) in [5.74, 6) is -1.76. The van der Waals surface area contributed by atoms with Gasteiger partial charge in [0.25, 0.3) is 0 Å². The Morgan fingerprint density at radius 2 is 1.86 bits per heavy atom. The number of carbonyl (C=O) groups excluding carboxylic acids is 1. The third kappa shape index (κ3) is 3.97. The van der Waals surface area contributed by atoms with Gasteiger partial charge in [-0.25, -0.2) is 4.79 Å². The van der Waals surface area contributed by atoms with Crippen molar-refractivity contribution in [2.24, 2.45) is 5.92 Å². The van der Waals surface area contributed by atoms with E-state index in [1.807, 2.05) is 26.0 Å². The number of benzene rings is 1. The summed E-state index contributed by atoms with van der Waals surface area (Å²) in [6, 6.07) is 7.27. The number of carboxylic acid groups (broad SMARTS) is 1. The van der Waals surface area contributed by atoms with E-state index in [1.165, 1.54) is 6.92 Å². The molecule has 0 saturated heterocycles. The Morgan fingerprint density at radius 1 is 1.33 bits per heavy atom. The maximum atomic E-state index is 12.3. The molecule has 1 aromatic rings. The zero-order valence-electron chi connectivity index (χ0n) is 12.8. The van der Waals surface area contributed by atoms with Crippen LogP contribution in [0.25, 0.3) is 0 Å². The maximum absolute atomic E-state index is 12.3. The van der Waals surface area contributed by atoms with Crippen LogP contribution < -0.4 is 5.32 Å². The molecule has 2 N–H and O–H groups in total. The molecule has 116 valence electrons. The number of carboxylic acids is 1. The molecule has 1 aromatic carbocycles. The van der Waals surface area contributed by atoms with Crippen molar-refractivity contribution >= 4 is 23.5 Å². The highest BCUT2D eigenvalue weighted by molar-refractivity contribution is 6.31. The van der Waals surface area contributed by atoms with Crippen LogP contribution in [0.3, 0.4) is 0 Å². The fourth-order valence-electron chi connectivity index (χ4n) is 2.00. The Hall–Kier alpha value is -1.55. The topological polar surface area (TPSA) is 66.4 Å². The Kier molecular flexibility index (Phi) is 5.78. The number of amides is 1. The summed E-state index contributed by atoms with van der Waals surface area (Å²) in [7, 11) is 0. The zero-order chi connectivity index (χ0) is 16.2. The lowest BCUT2D eigenvalue weighted by Gasteiger charge is -2.32. The number of hydrogen-bond acceptors (Lipinski definition) is 2. The van der Waals surface area contributed by atoms with E-state index in [-0.39, 0.29) is 5.92 Å². The molecule has 3 atom stereocenters. The van der Waals surface area contributed by atoms with Gasteiger partial charge in [-0.3, -0.25) is 4.79 Å². The predicted octanol–water partition coefficient (Wildman–Crippen LogP) is 3.28. The number of nitrogens with one attached hydrogen (secondary N) is 1. The van der Waals surface area contributed by atoms with Crippen molar-refractivity contribution in [1.29, 1.82) is 0 Å². The summed E-state index contributed by atoms with van der Waals surface area (Å²) in [5, 5.41) is 11.1. The second-order valence-corrected chi connectivity index (χ2v) is 6.02. The number of carbonyl (C=O) groups is 2. The molecule has 1 amide bonds. The third-order valence-corrected chi connectivity index (χ3v) is 4.48. The monoisotopic (exact) mass is 311 g/mol. The smallest absolute Gasteiger partial charge is 0.329 e. The lowest BCUT2D eigenvalue weighted by atomic mass is 9.85. The fourth-order valence-corrected chi connectivity index (χ4v) is 2.20. The molecule has 0 aromatic heterocycles. The van der Waals surface area contributed by atoms with E-state index in [9.17, 15) is 14.7 Å². The van der Waals surface area contributed by atoms with Crippen LogP contribution in [-0.4, -0.2) is 22.5 Å². The SMILES string of the molecule is CCC(C)C(C)(NC(=O)C(Cl)c1ccc(C)cc1)C(=O)O. The molecule has 5 heteroatoms. The van der Waals surface area contributed by atoms with E-state index < -0.39 is 22.8 Å². The molecule has 0 aliphatic carbocycles. The van der Waals surface area contributed by atoms with Crippen LogP contribution in [0.1, 0.15) is 43.7 Å². The minimum atomic E-state index is -1.33. The molecule has 0 aliphatic heterocycles. The Morgan fingerprint density at radius 3 is 2.29 bits per heavy atom. The molecule has 0 saturated carbocycles. The lowest BCUT2D eigenvalue weighted by molar-refractivity contribution is -0.149. The summed E-state index contributed by atoms with van der Waals surface area (Å²) in [5.41, 5.74) is 0.388. The molecular formula is C16H22ClNO3. The van der Waals surface area contributed by atoms with Gasteiger partial charge in [0.2, 0.25) is 5.91 Å². The van der Waals surface area contributed by atoms with E-state index in [0.29, 0.717) is 12.0 Å². The highest BCUT2D eigenvalue weighted by Crippen LogP contribution is 2.25. The minimum absolute atomic E-state index is 0.208. The first-order valence-corrected chi connectivity index (χ1v) is 7.42. The van der Waals surface area contributed by atoms with Gasteiger partial charge in [0.05, 0.1) is 0 Å². The van der Waals surface area contributed by atoms with Crippen LogP contribution in [0.5, 0.6) is 0 Å². The quantitative estimate of drug-likeness (QED) is 0.792. The van der Waals surface area contributed by atoms with Crippen molar-refractivity contribution in [3.8, 4) is 0 Å². The molecule has 0 heterocycles. The maximum Gasteiger partial charge on any atom is 0.329 e. The molecule has 0 radical (unpaired) electrons. The lowest BCUT2D eigenvalue weighted by Crippen LogP contribution is -2.57. The normalized spacial score (nSPS) is 16.6. The number of rotatable bonds is 6. The van der Waals surface area contributed by atoms with Crippen LogP contribution in [0, 0.1) is 12.8 Å². The average Bonchev–Trinajstić information content (AvgIpc) is 2.45. The van der Waals surface area contributed by atoms with E-state index in [0.717, 1.165) is 5.56 Å². The number of hydrogen-bond donors (Lipinski definition) is 2. The molecule has 0 spiro atoms. The minimum Gasteiger partial charge on any atom is -0.480 e. The Labute approximate surface area is 130 Å². The van der Waals surface area contributed by atoms with Gasteiger partial charge in [-0.05, 0) is 25.3 Å². The van der Waals surface area contributed by atoms with Gasteiger partial charge in [-0.2, -0.15) is 0 Å². The van der Waals surface area contributed by atoms with Crippen molar-refractivity contribution in [3.63, 3.8) is 0 Å². The molecule has 21 heavy (non-hydrogen) atoms. The standard InChI is InChI=1S/C16H22ClNO3/c1-5-11(3)16(4,15(20)21)18-14(19)13(17)12-8-6-10(2)7-9-12/h6-9,11,13H,5H2,1-4H3,(H,18,19)(H,20,21). The Bertz CT molecular complexity index is 515. The van der Waals surface area contributed by atoms with Crippen molar-refractivity contribution in [1.82, 2.24) is 5.32 Å². The average molecular weight is 312 g/mol. The number of halogens is 1. The molecule has 3 unspecified atom stereocenters. The van der Waals surface area contributed by atoms with Gasteiger partial charge in [0, 0.05) is 0 Å². The molecule has 0 fully saturated rings. The summed E-state index contributed by atoms with van der Waals surface area (Å²) in [6.07, 6.45) is 0.639. The van der Waals surface area contributed by atoms with Crippen LogP contribution in [-0.2, 0) is 9.59 Å². The van der Waals surface area contributed by atoms with Crippen molar-refractivity contribution in [3.05, 3.63) is 35.4 Å². The van der Waals surface area contributed by atoms with Crippen LogP contribution in [0.4, 0.5) is 0 Å². The van der Waals surface area contributed by atoms with Gasteiger partial charge >= 0.3 is 5.97 Å². The molecule has 4 nitrogen and oxygen atoms in total. The third-order valence-electron chi connectivity index (χ3n) is 4.03. The van der Waals surface area contributed by atoms with E-state index in [2.05, 4.69) is 5.32 Å². The zero-order valence-corrected chi connectivity index (χ0v) is 13.6. The van der Waals surface area contributed by atoms with Crippen molar-refractivity contribution < 1.29 is 14.7 Å². The first-order valence-electron chi connectivity index (χ1n) is 6.98. The summed E-state index contributed by atoms with van der Waals surface area (Å²) >= 11 is 6.16. The van der Waals surface area contributed by atoms with Crippen LogP contribution >= 0.6 is 11.6 Å². The highest BCUT2D eigenvalue weighted by atomic mass is 35.5. The van der Waals surface area contributed by atoms with E-state index in [4.69, 9.17) is 11.6 Å². The largest absolute Gasteiger partial charge is 0.480 e. The molecule has 0 bridgehead atoms. The van der Waals surface area contributed by atoms with Gasteiger partial charge in [0.1, 0.15) is 10.9 Å². The number of aliphatic carboxylic acids is 1. The van der Waals surface area contributed by atoms with Gasteiger partial charge in [0.15, 0.2) is 0 Å². The first-order chi connectivity index (χ1) is 9.72. The van der Waals surface area contributed by atoms with Crippen molar-refractivity contribution in [2.45, 2.75) is 45.0 Å². The van der Waals surface area contributed by atoms with Crippen molar-refractivity contribution in [2.75, 3.05) is 0 Å². The molecular weight excluding hydrogens is 290 g/mol. The summed E-state index contributed by atoms with van der Waals surface area (Å²) < 4.78 is 0. The second-order valence-electron chi connectivity index (χ2n) is 5.58. The number of aryl methyl sites for hydroxylation is 1. The van der Waals surface area contributed by atoms with E-state index >= 15 is 0 Å². The van der Waals surface area contributed by atoms with Crippen LogP contribution in [0.15, 0.2) is 24.3 Å². The van der Waals surface area contributed by atoms with Gasteiger partial charge < -0.3 is 10.4 Å². The highest BCUT2D eigenvalue weighted by Gasteiger charge is 2.40. The van der Waals surface area contributed by atoms with E-state index in [1.54, 1.807) is 19.1 Å². The Balaban J connectivity index is 2.92. The fraction of sp³-hybridized carbons (Fsp3) is 0.500. The molecule has 1 rings (SSSR count).